The van der Waals surface area contributed by atoms with Gasteiger partial charge in [-0.15, -0.1) is 5.10 Å². The molecule has 0 saturated carbocycles. The monoisotopic (exact) mass is 331 g/mol. The molecule has 0 saturated heterocycles. The number of aromatic amines is 1. The van der Waals surface area contributed by atoms with Crippen LogP contribution >= 0.6 is 15.9 Å². The summed E-state index contributed by atoms with van der Waals surface area (Å²) in [6.07, 6.45) is -1.27. The molecular weight excluding hydrogens is 327 g/mol. The number of pyridine rings is 1. The standard InChI is InChI=1S/C10H5BrF3N5/c11-5-1-2-19-4-6(15-7(19)3-5)8-16-9(18-17-8)10(12,13)14/h1-4H,(H,16,17,18). The average molecular weight is 332 g/mol. The van der Waals surface area contributed by atoms with Gasteiger partial charge in [-0.3, -0.25) is 5.10 Å². The number of nitrogens with zero attached hydrogens (tertiary/aromatic N) is 4. The highest BCUT2D eigenvalue weighted by Crippen LogP contribution is 2.27. The van der Waals surface area contributed by atoms with Crippen LogP contribution in [-0.4, -0.2) is 24.6 Å². The summed E-state index contributed by atoms with van der Waals surface area (Å²) in [5.74, 6) is -1.23. The molecule has 0 amide bonds. The summed E-state index contributed by atoms with van der Waals surface area (Å²) in [5, 5.41) is 5.37. The zero-order valence-corrected chi connectivity index (χ0v) is 10.7. The Labute approximate surface area is 112 Å². The maximum Gasteiger partial charge on any atom is 0.453 e. The van der Waals surface area contributed by atoms with Gasteiger partial charge >= 0.3 is 6.18 Å². The number of hydrogen-bond acceptors (Lipinski definition) is 3. The van der Waals surface area contributed by atoms with Crippen LogP contribution in [0.5, 0.6) is 0 Å². The second kappa shape index (κ2) is 4.05. The van der Waals surface area contributed by atoms with Crippen LogP contribution in [0.3, 0.4) is 0 Å². The molecule has 0 bridgehead atoms. The summed E-state index contributed by atoms with van der Waals surface area (Å²) in [5.41, 5.74) is 0.885. The predicted octanol–water partition coefficient (Wildman–Crippen LogP) is 2.90. The van der Waals surface area contributed by atoms with Gasteiger partial charge in [-0.05, 0) is 12.1 Å². The van der Waals surface area contributed by atoms with Crippen molar-refractivity contribution in [3.05, 3.63) is 34.8 Å². The Hall–Kier alpha value is -1.90. The molecule has 3 aromatic heterocycles. The van der Waals surface area contributed by atoms with Gasteiger partial charge in [-0.2, -0.15) is 13.2 Å². The van der Waals surface area contributed by atoms with Gasteiger partial charge in [-0.1, -0.05) is 15.9 Å². The highest BCUT2D eigenvalue weighted by Gasteiger charge is 2.36. The van der Waals surface area contributed by atoms with Gasteiger partial charge in [0.1, 0.15) is 11.3 Å². The Morgan fingerprint density at radius 2 is 2.05 bits per heavy atom. The van der Waals surface area contributed by atoms with Crippen molar-refractivity contribution >= 4 is 21.6 Å². The number of fused-ring (bicyclic) bond motifs is 1. The third-order valence-electron chi connectivity index (χ3n) is 2.40. The van der Waals surface area contributed by atoms with Gasteiger partial charge in [-0.25, -0.2) is 9.97 Å². The number of imidazole rings is 1. The minimum Gasteiger partial charge on any atom is -0.306 e. The lowest BCUT2D eigenvalue weighted by atomic mass is 10.4. The van der Waals surface area contributed by atoms with Gasteiger partial charge in [0, 0.05) is 16.9 Å². The van der Waals surface area contributed by atoms with Crippen molar-refractivity contribution in [3.63, 3.8) is 0 Å². The normalized spacial score (nSPS) is 12.2. The van der Waals surface area contributed by atoms with Crippen molar-refractivity contribution in [2.45, 2.75) is 6.18 Å². The van der Waals surface area contributed by atoms with Crippen LogP contribution in [0.4, 0.5) is 13.2 Å². The van der Waals surface area contributed by atoms with Crippen molar-refractivity contribution in [1.82, 2.24) is 24.6 Å². The Kier molecular flexibility index (Phi) is 2.59. The van der Waals surface area contributed by atoms with Crippen LogP contribution in [0.15, 0.2) is 29.0 Å². The van der Waals surface area contributed by atoms with E-state index in [2.05, 4.69) is 36.1 Å². The first kappa shape index (κ1) is 12.2. The molecule has 0 spiro atoms. The molecule has 0 fully saturated rings. The predicted molar refractivity (Wildman–Crippen MR) is 63.3 cm³/mol. The fourth-order valence-electron chi connectivity index (χ4n) is 1.57. The van der Waals surface area contributed by atoms with E-state index in [0.29, 0.717) is 11.3 Å². The van der Waals surface area contributed by atoms with Crippen molar-refractivity contribution < 1.29 is 13.2 Å². The Balaban J connectivity index is 2.07. The summed E-state index contributed by atoms with van der Waals surface area (Å²) in [7, 11) is 0. The molecule has 9 heteroatoms. The molecular formula is C10H5BrF3N5. The fourth-order valence-corrected chi connectivity index (χ4v) is 1.90. The van der Waals surface area contributed by atoms with Gasteiger partial charge in [0.05, 0.1) is 0 Å². The number of rotatable bonds is 1. The highest BCUT2D eigenvalue weighted by molar-refractivity contribution is 9.10. The molecule has 0 aliphatic heterocycles. The van der Waals surface area contributed by atoms with Crippen LogP contribution in [0.25, 0.3) is 17.2 Å². The third kappa shape index (κ3) is 2.21. The molecule has 3 rings (SSSR count). The Morgan fingerprint density at radius 3 is 2.74 bits per heavy atom. The lowest BCUT2D eigenvalue weighted by Crippen LogP contribution is -2.07. The van der Waals surface area contributed by atoms with Gasteiger partial charge < -0.3 is 4.40 Å². The van der Waals surface area contributed by atoms with E-state index in [0.717, 1.165) is 4.47 Å². The van der Waals surface area contributed by atoms with E-state index in [4.69, 9.17) is 0 Å². The Morgan fingerprint density at radius 1 is 1.26 bits per heavy atom. The number of hydrogen-bond donors (Lipinski definition) is 1. The molecule has 0 aliphatic rings. The van der Waals surface area contributed by atoms with E-state index in [9.17, 15) is 13.2 Å². The summed E-state index contributed by atoms with van der Waals surface area (Å²) in [6, 6.07) is 3.53. The number of halogens is 4. The SMILES string of the molecule is FC(F)(F)c1n[nH]c(-c2cn3ccc(Br)cc3n2)n1. The van der Waals surface area contributed by atoms with Crippen LogP contribution < -0.4 is 0 Å². The van der Waals surface area contributed by atoms with Gasteiger partial charge in [0.2, 0.25) is 0 Å². The first-order chi connectivity index (χ1) is 8.93. The summed E-state index contributed by atoms with van der Waals surface area (Å²) in [4.78, 5) is 7.56. The van der Waals surface area contributed by atoms with Crippen molar-refractivity contribution in [2.75, 3.05) is 0 Å². The largest absolute Gasteiger partial charge is 0.453 e. The van der Waals surface area contributed by atoms with E-state index in [1.165, 1.54) is 0 Å². The van der Waals surface area contributed by atoms with E-state index >= 15 is 0 Å². The maximum atomic E-state index is 12.4. The smallest absolute Gasteiger partial charge is 0.306 e. The zero-order chi connectivity index (χ0) is 13.6. The van der Waals surface area contributed by atoms with Crippen molar-refractivity contribution in [2.24, 2.45) is 0 Å². The van der Waals surface area contributed by atoms with Gasteiger partial charge in [0.15, 0.2) is 5.82 Å². The van der Waals surface area contributed by atoms with E-state index in [1.54, 1.807) is 28.9 Å². The quantitative estimate of drug-likeness (QED) is 0.745. The average Bonchev–Trinajstić information content (AvgIpc) is 2.92. The molecule has 98 valence electrons. The molecule has 0 radical (unpaired) electrons. The Bertz CT molecular complexity index is 745. The molecule has 3 aromatic rings. The molecule has 0 aliphatic carbocycles. The molecule has 19 heavy (non-hydrogen) atoms. The lowest BCUT2D eigenvalue weighted by molar-refractivity contribution is -0.144. The number of alkyl halides is 3. The lowest BCUT2D eigenvalue weighted by Gasteiger charge is -1.96. The fraction of sp³-hybridized carbons (Fsp3) is 0.100. The first-order valence-electron chi connectivity index (χ1n) is 5.08. The highest BCUT2D eigenvalue weighted by atomic mass is 79.9. The third-order valence-corrected chi connectivity index (χ3v) is 2.90. The minimum atomic E-state index is -4.57. The summed E-state index contributed by atoms with van der Waals surface area (Å²) < 4.78 is 39.7. The van der Waals surface area contributed by atoms with Crippen molar-refractivity contribution in [1.29, 1.82) is 0 Å². The van der Waals surface area contributed by atoms with E-state index < -0.39 is 12.0 Å². The van der Waals surface area contributed by atoms with Crippen LogP contribution in [0.2, 0.25) is 0 Å². The summed E-state index contributed by atoms with van der Waals surface area (Å²) >= 11 is 3.29. The zero-order valence-electron chi connectivity index (χ0n) is 9.11. The molecule has 0 unspecified atom stereocenters. The second-order valence-electron chi connectivity index (χ2n) is 3.74. The second-order valence-corrected chi connectivity index (χ2v) is 4.66. The molecule has 5 nitrogen and oxygen atoms in total. The molecule has 0 atom stereocenters. The topological polar surface area (TPSA) is 58.9 Å². The van der Waals surface area contributed by atoms with E-state index in [-0.39, 0.29) is 5.82 Å². The summed E-state index contributed by atoms with van der Waals surface area (Å²) in [6.45, 7) is 0. The van der Waals surface area contributed by atoms with Crippen LogP contribution in [0, 0.1) is 0 Å². The first-order valence-corrected chi connectivity index (χ1v) is 5.87. The van der Waals surface area contributed by atoms with Crippen molar-refractivity contribution in [3.8, 4) is 11.5 Å². The minimum absolute atomic E-state index is 0.0212. The molecule has 0 aromatic carbocycles. The van der Waals surface area contributed by atoms with Crippen LogP contribution in [-0.2, 0) is 6.18 Å². The maximum absolute atomic E-state index is 12.4. The number of H-pyrrole nitrogens is 1. The van der Waals surface area contributed by atoms with Gasteiger partial charge in [0.25, 0.3) is 5.82 Å². The molecule has 3 heterocycles. The molecule has 1 N–H and O–H groups in total. The number of aromatic nitrogens is 5. The van der Waals surface area contributed by atoms with E-state index in [1.807, 2.05) is 0 Å². The number of nitrogens with one attached hydrogen (secondary N) is 1. The van der Waals surface area contributed by atoms with Crippen LogP contribution in [0.1, 0.15) is 5.82 Å².